The summed E-state index contributed by atoms with van der Waals surface area (Å²) in [7, 11) is 0. The van der Waals surface area contributed by atoms with Crippen LogP contribution in [0, 0.1) is 0 Å². The van der Waals surface area contributed by atoms with Gasteiger partial charge in [0, 0.05) is 18.7 Å². The molecule has 1 unspecified atom stereocenters. The van der Waals surface area contributed by atoms with E-state index in [1.807, 2.05) is 30.3 Å². The average molecular weight is 261 g/mol. The monoisotopic (exact) mass is 261 g/mol. The van der Waals surface area contributed by atoms with Crippen molar-refractivity contribution in [3.8, 4) is 0 Å². The molecule has 0 saturated carbocycles. The van der Waals surface area contributed by atoms with Crippen molar-refractivity contribution < 1.29 is 9.53 Å². The summed E-state index contributed by atoms with van der Waals surface area (Å²) in [5, 5.41) is 0. The number of Topliss-reactive ketones (excluding diaryl/α,β-unsaturated/α-hetero) is 1. The Morgan fingerprint density at radius 1 is 1.37 bits per heavy atom. The topological polar surface area (TPSA) is 29.5 Å². The number of ketones is 1. The van der Waals surface area contributed by atoms with Gasteiger partial charge in [0.15, 0.2) is 5.78 Å². The van der Waals surface area contributed by atoms with Crippen molar-refractivity contribution in [2.45, 2.75) is 38.8 Å². The lowest BCUT2D eigenvalue weighted by atomic mass is 9.98. The third-order valence-electron chi connectivity index (χ3n) is 3.64. The maximum Gasteiger partial charge on any atom is 0.179 e. The zero-order valence-electron chi connectivity index (χ0n) is 12.1. The molecule has 1 aliphatic heterocycles. The van der Waals surface area contributed by atoms with Crippen LogP contribution in [0.1, 0.15) is 37.6 Å². The van der Waals surface area contributed by atoms with E-state index in [1.165, 1.54) is 0 Å². The lowest BCUT2D eigenvalue weighted by Crippen LogP contribution is -2.54. The predicted molar refractivity (Wildman–Crippen MR) is 76.5 cm³/mol. The zero-order chi connectivity index (χ0) is 13.9. The summed E-state index contributed by atoms with van der Waals surface area (Å²) in [6.07, 6.45) is 0.837. The van der Waals surface area contributed by atoms with Crippen LogP contribution in [0.15, 0.2) is 30.3 Å². The van der Waals surface area contributed by atoms with Crippen LogP contribution in [-0.2, 0) is 4.74 Å². The highest BCUT2D eigenvalue weighted by molar-refractivity contribution is 6.00. The minimum Gasteiger partial charge on any atom is -0.373 e. The first kappa shape index (κ1) is 14.2. The van der Waals surface area contributed by atoms with Crippen LogP contribution in [0.2, 0.25) is 0 Å². The van der Waals surface area contributed by atoms with Crippen molar-refractivity contribution in [1.29, 1.82) is 0 Å². The molecule has 3 nitrogen and oxygen atoms in total. The Morgan fingerprint density at radius 3 is 2.63 bits per heavy atom. The lowest BCUT2D eigenvalue weighted by molar-refractivity contribution is -0.0933. The molecule has 0 amide bonds. The normalized spacial score (nSPS) is 21.0. The molecule has 1 aromatic rings. The van der Waals surface area contributed by atoms with E-state index in [-0.39, 0.29) is 17.4 Å². The Morgan fingerprint density at radius 2 is 2.05 bits per heavy atom. The van der Waals surface area contributed by atoms with Crippen LogP contribution in [0.25, 0.3) is 0 Å². The number of carbonyl (C=O) groups is 1. The van der Waals surface area contributed by atoms with Gasteiger partial charge in [0.05, 0.1) is 18.2 Å². The second-order valence-corrected chi connectivity index (χ2v) is 5.73. The smallest absolute Gasteiger partial charge is 0.179 e. The first-order chi connectivity index (χ1) is 9.03. The largest absolute Gasteiger partial charge is 0.373 e. The number of hydrogen-bond donors (Lipinski definition) is 0. The van der Waals surface area contributed by atoms with Crippen molar-refractivity contribution in [3.63, 3.8) is 0 Å². The summed E-state index contributed by atoms with van der Waals surface area (Å²) in [6, 6.07) is 9.54. The van der Waals surface area contributed by atoms with Gasteiger partial charge in [-0.25, -0.2) is 0 Å². The second-order valence-electron chi connectivity index (χ2n) is 5.73. The van der Waals surface area contributed by atoms with Crippen LogP contribution in [0.4, 0.5) is 0 Å². The molecule has 19 heavy (non-hydrogen) atoms. The Kier molecular flexibility index (Phi) is 4.38. The van der Waals surface area contributed by atoms with E-state index < -0.39 is 0 Å². The molecule has 104 valence electrons. The van der Waals surface area contributed by atoms with Gasteiger partial charge in [0.25, 0.3) is 0 Å². The highest BCUT2D eigenvalue weighted by Crippen LogP contribution is 2.21. The summed E-state index contributed by atoms with van der Waals surface area (Å²) in [4.78, 5) is 14.9. The molecule has 1 saturated heterocycles. The summed E-state index contributed by atoms with van der Waals surface area (Å²) < 4.78 is 5.72. The van der Waals surface area contributed by atoms with Gasteiger partial charge < -0.3 is 4.74 Å². The van der Waals surface area contributed by atoms with Crippen molar-refractivity contribution in [3.05, 3.63) is 35.9 Å². The third-order valence-corrected chi connectivity index (χ3v) is 3.64. The molecular formula is C16H23NO2. The minimum absolute atomic E-state index is 0.0365. The number of rotatable bonds is 4. The maximum absolute atomic E-state index is 12.6. The van der Waals surface area contributed by atoms with E-state index in [2.05, 4.69) is 25.7 Å². The van der Waals surface area contributed by atoms with Crippen LogP contribution in [-0.4, -0.2) is 42.0 Å². The standard InChI is InChI=1S/C16H23NO2/c1-4-14(15(18)13-8-6-5-7-9-13)17-10-11-19-16(2,3)12-17/h5-9,14H,4,10-12H2,1-3H3. The number of benzene rings is 1. The fraction of sp³-hybridized carbons (Fsp3) is 0.562. The molecular weight excluding hydrogens is 238 g/mol. The van der Waals surface area contributed by atoms with Gasteiger partial charge in [-0.3, -0.25) is 9.69 Å². The number of carbonyl (C=O) groups excluding carboxylic acids is 1. The van der Waals surface area contributed by atoms with Gasteiger partial charge in [-0.15, -0.1) is 0 Å². The summed E-state index contributed by atoms with van der Waals surface area (Å²) in [5.41, 5.74) is 0.640. The molecule has 1 aromatic carbocycles. The molecule has 3 heteroatoms. The number of nitrogens with zero attached hydrogens (tertiary/aromatic N) is 1. The fourth-order valence-corrected chi connectivity index (χ4v) is 2.72. The van der Waals surface area contributed by atoms with E-state index in [4.69, 9.17) is 4.74 Å². The summed E-state index contributed by atoms with van der Waals surface area (Å²) in [6.45, 7) is 8.59. The zero-order valence-corrected chi connectivity index (χ0v) is 12.1. The molecule has 0 aliphatic carbocycles. The van der Waals surface area contributed by atoms with E-state index in [1.54, 1.807) is 0 Å². The molecule has 0 bridgehead atoms. The Labute approximate surface area is 115 Å². The van der Waals surface area contributed by atoms with Gasteiger partial charge in [0.1, 0.15) is 0 Å². The van der Waals surface area contributed by atoms with Gasteiger partial charge >= 0.3 is 0 Å². The maximum atomic E-state index is 12.6. The molecule has 1 atom stereocenters. The average Bonchev–Trinajstić information content (AvgIpc) is 2.39. The van der Waals surface area contributed by atoms with E-state index >= 15 is 0 Å². The Balaban J connectivity index is 2.14. The van der Waals surface area contributed by atoms with Crippen molar-refractivity contribution in [2.75, 3.05) is 19.7 Å². The van der Waals surface area contributed by atoms with Crippen LogP contribution in [0.3, 0.4) is 0 Å². The fourth-order valence-electron chi connectivity index (χ4n) is 2.72. The molecule has 0 radical (unpaired) electrons. The van der Waals surface area contributed by atoms with Gasteiger partial charge in [-0.2, -0.15) is 0 Å². The second kappa shape index (κ2) is 5.85. The molecule has 2 rings (SSSR count). The van der Waals surface area contributed by atoms with Crippen molar-refractivity contribution in [1.82, 2.24) is 4.90 Å². The van der Waals surface area contributed by atoms with E-state index in [0.717, 1.165) is 25.1 Å². The predicted octanol–water partition coefficient (Wildman–Crippen LogP) is 2.76. The molecule has 1 heterocycles. The summed E-state index contributed by atoms with van der Waals surface area (Å²) >= 11 is 0. The highest BCUT2D eigenvalue weighted by Gasteiger charge is 2.33. The lowest BCUT2D eigenvalue weighted by Gasteiger charge is -2.41. The van der Waals surface area contributed by atoms with Gasteiger partial charge in [-0.05, 0) is 20.3 Å². The molecule has 0 spiro atoms. The van der Waals surface area contributed by atoms with Crippen molar-refractivity contribution >= 4 is 5.78 Å². The first-order valence-electron chi connectivity index (χ1n) is 7.01. The Hall–Kier alpha value is -1.19. The van der Waals surface area contributed by atoms with E-state index in [0.29, 0.717) is 6.61 Å². The van der Waals surface area contributed by atoms with Crippen LogP contribution < -0.4 is 0 Å². The Bertz CT molecular complexity index is 428. The van der Waals surface area contributed by atoms with Crippen LogP contribution in [0.5, 0.6) is 0 Å². The quantitative estimate of drug-likeness (QED) is 0.781. The highest BCUT2D eigenvalue weighted by atomic mass is 16.5. The van der Waals surface area contributed by atoms with Crippen molar-refractivity contribution in [2.24, 2.45) is 0 Å². The SMILES string of the molecule is CCC(C(=O)c1ccccc1)N1CCOC(C)(C)C1. The van der Waals surface area contributed by atoms with Gasteiger partial charge in [0.2, 0.25) is 0 Å². The minimum atomic E-state index is -0.164. The summed E-state index contributed by atoms with van der Waals surface area (Å²) in [5.74, 6) is 0.223. The number of hydrogen-bond acceptors (Lipinski definition) is 3. The molecule has 0 N–H and O–H groups in total. The molecule has 0 aromatic heterocycles. The third kappa shape index (κ3) is 3.43. The first-order valence-corrected chi connectivity index (χ1v) is 7.01. The molecule has 1 aliphatic rings. The number of ether oxygens (including phenoxy) is 1. The number of morpholine rings is 1. The molecule has 1 fully saturated rings. The van der Waals surface area contributed by atoms with Crippen LogP contribution >= 0.6 is 0 Å². The van der Waals surface area contributed by atoms with E-state index in [9.17, 15) is 4.79 Å². The van der Waals surface area contributed by atoms with Gasteiger partial charge in [-0.1, -0.05) is 37.3 Å².